The van der Waals surface area contributed by atoms with Crippen LogP contribution in [0.1, 0.15) is 6.92 Å². The lowest BCUT2D eigenvalue weighted by Gasteiger charge is -2.10. The fourth-order valence-electron chi connectivity index (χ4n) is 1.48. The highest BCUT2D eigenvalue weighted by molar-refractivity contribution is 8.05. The average Bonchev–Trinajstić information content (AvgIpc) is 2.41. The fraction of sp³-hybridized carbons (Fsp3) is 0.133. The molecule has 0 spiro atoms. The predicted octanol–water partition coefficient (Wildman–Crippen LogP) is 4.83. The largest absolute Gasteiger partial charge is 0.246 e. The van der Waals surface area contributed by atoms with E-state index in [9.17, 15) is 0 Å². The Hall–Kier alpha value is -1.19. The topological polar surface area (TPSA) is 12.4 Å². The molecule has 0 heterocycles. The highest BCUT2D eigenvalue weighted by Crippen LogP contribution is 2.26. The van der Waals surface area contributed by atoms with Gasteiger partial charge < -0.3 is 0 Å². The van der Waals surface area contributed by atoms with E-state index >= 15 is 0 Å². The van der Waals surface area contributed by atoms with Gasteiger partial charge in [-0.05, 0) is 31.2 Å². The second-order valence-electron chi connectivity index (χ2n) is 3.88. The van der Waals surface area contributed by atoms with E-state index < -0.39 is 0 Å². The van der Waals surface area contributed by atoms with Crippen molar-refractivity contribution in [3.63, 3.8) is 0 Å². The average molecular weight is 273 g/mol. The Balaban J connectivity index is 2.05. The molecule has 0 saturated heterocycles. The van der Waals surface area contributed by atoms with Crippen LogP contribution in [0.4, 0.5) is 5.69 Å². The van der Waals surface area contributed by atoms with Crippen molar-refractivity contribution in [1.82, 2.24) is 0 Å². The summed E-state index contributed by atoms with van der Waals surface area (Å²) in [7, 11) is 0. The molecule has 0 aromatic heterocycles. The Labute approximate surface area is 118 Å². The molecule has 0 aliphatic heterocycles. The van der Waals surface area contributed by atoms with E-state index in [4.69, 9.17) is 0 Å². The van der Waals surface area contributed by atoms with Gasteiger partial charge in [-0.2, -0.15) is 0 Å². The van der Waals surface area contributed by atoms with Crippen molar-refractivity contribution in [2.45, 2.75) is 17.1 Å². The Morgan fingerprint density at radius 2 is 1.56 bits per heavy atom. The number of hydrogen-bond acceptors (Lipinski definition) is 2. The third kappa shape index (κ3) is 3.93. The predicted molar refractivity (Wildman–Crippen MR) is 84.3 cm³/mol. The fourth-order valence-corrected chi connectivity index (χ4v) is 2.64. The van der Waals surface area contributed by atoms with E-state index in [2.05, 4.69) is 36.7 Å². The molecule has 1 atom stereocenters. The van der Waals surface area contributed by atoms with E-state index in [0.29, 0.717) is 0 Å². The highest BCUT2D eigenvalue weighted by atomic mass is 32.2. The second kappa shape index (κ2) is 6.66. The maximum atomic E-state index is 4.52. The third-order valence-electron chi connectivity index (χ3n) is 2.42. The molecule has 0 bridgehead atoms. The zero-order valence-electron chi connectivity index (χ0n) is 10.2. The number of thioether (sulfide) groups is 1. The minimum Gasteiger partial charge on any atom is -0.246 e. The van der Waals surface area contributed by atoms with Gasteiger partial charge in [-0.15, -0.1) is 24.4 Å². The Morgan fingerprint density at radius 1 is 1.00 bits per heavy atom. The molecule has 92 valence electrons. The molecule has 0 aliphatic rings. The van der Waals surface area contributed by atoms with Crippen LogP contribution in [-0.2, 0) is 0 Å². The molecule has 1 nitrogen and oxygen atoms in total. The lowest BCUT2D eigenvalue weighted by atomic mass is 10.3. The lowest BCUT2D eigenvalue weighted by Crippen LogP contribution is -2.05. The number of benzene rings is 2. The minimum absolute atomic E-state index is 0.246. The Kier molecular flexibility index (Phi) is 4.90. The van der Waals surface area contributed by atoms with Gasteiger partial charge in [0.05, 0.1) is 16.0 Å². The van der Waals surface area contributed by atoms with Crippen molar-refractivity contribution < 1.29 is 0 Å². The van der Waals surface area contributed by atoms with Crippen LogP contribution in [0.15, 0.2) is 70.6 Å². The quantitative estimate of drug-likeness (QED) is 0.364. The molecule has 0 aliphatic carbocycles. The van der Waals surface area contributed by atoms with Crippen LogP contribution < -0.4 is 0 Å². The zero-order valence-corrected chi connectivity index (χ0v) is 11.9. The van der Waals surface area contributed by atoms with Crippen LogP contribution in [0.25, 0.3) is 0 Å². The molecule has 0 saturated carbocycles. The molecule has 2 aromatic carbocycles. The molecule has 1 unspecified atom stereocenters. The normalized spacial score (nSPS) is 13.3. The van der Waals surface area contributed by atoms with Crippen LogP contribution in [0.2, 0.25) is 0 Å². The van der Waals surface area contributed by atoms with Crippen molar-refractivity contribution in [1.29, 1.82) is 0 Å². The third-order valence-corrected chi connectivity index (χ3v) is 4.20. The number of thiol groups is 1. The molecule has 0 radical (unpaired) electrons. The summed E-state index contributed by atoms with van der Waals surface area (Å²) in [6.45, 7) is 2.12. The van der Waals surface area contributed by atoms with Crippen LogP contribution in [0.5, 0.6) is 0 Å². The van der Waals surface area contributed by atoms with E-state index in [1.54, 1.807) is 11.8 Å². The van der Waals surface area contributed by atoms with Gasteiger partial charge in [0.2, 0.25) is 0 Å². The number of hydrogen-bond donors (Lipinski definition) is 1. The summed E-state index contributed by atoms with van der Waals surface area (Å²) in [4.78, 5) is 5.75. The summed E-state index contributed by atoms with van der Waals surface area (Å²) in [6.07, 6.45) is 0. The summed E-state index contributed by atoms with van der Waals surface area (Å²) in [5, 5.41) is 1.09. The first kappa shape index (κ1) is 13.2. The minimum atomic E-state index is 0.246. The van der Waals surface area contributed by atoms with E-state index in [-0.39, 0.29) is 5.25 Å². The van der Waals surface area contributed by atoms with Crippen LogP contribution in [0.3, 0.4) is 0 Å². The van der Waals surface area contributed by atoms with Gasteiger partial charge in [0.1, 0.15) is 0 Å². The van der Waals surface area contributed by atoms with Crippen LogP contribution >= 0.6 is 24.4 Å². The van der Waals surface area contributed by atoms with Crippen molar-refractivity contribution in [3.8, 4) is 0 Å². The SMILES string of the molecule is CC(Sc1ccccc1)/C(S)=N/c1ccccc1. The zero-order chi connectivity index (χ0) is 12.8. The molecule has 3 heteroatoms. The standard InChI is InChI=1S/C15H15NS2/c1-12(18-14-10-6-3-7-11-14)15(17)16-13-8-4-2-5-9-13/h2-12H,1H3,(H,16,17). The van der Waals surface area contributed by atoms with Crippen molar-refractivity contribution in [2.24, 2.45) is 4.99 Å². The monoisotopic (exact) mass is 273 g/mol. The summed E-state index contributed by atoms with van der Waals surface area (Å²) < 4.78 is 0. The Morgan fingerprint density at radius 3 is 2.17 bits per heavy atom. The van der Waals surface area contributed by atoms with Gasteiger partial charge in [0.15, 0.2) is 0 Å². The number of para-hydroxylation sites is 1. The number of nitrogens with zero attached hydrogens (tertiary/aromatic N) is 1. The van der Waals surface area contributed by atoms with E-state index in [1.807, 2.05) is 48.5 Å². The summed E-state index contributed by atoms with van der Waals surface area (Å²) in [6, 6.07) is 20.2. The first-order valence-electron chi connectivity index (χ1n) is 5.80. The number of rotatable bonds is 4. The molecule has 0 amide bonds. The summed E-state index contributed by atoms with van der Waals surface area (Å²) >= 11 is 6.26. The summed E-state index contributed by atoms with van der Waals surface area (Å²) in [5.41, 5.74) is 0.947. The molecular formula is C15H15NS2. The van der Waals surface area contributed by atoms with Gasteiger partial charge in [-0.1, -0.05) is 36.4 Å². The summed E-state index contributed by atoms with van der Waals surface area (Å²) in [5.74, 6) is 0. The first-order valence-corrected chi connectivity index (χ1v) is 7.12. The second-order valence-corrected chi connectivity index (χ2v) is 5.75. The molecule has 2 aromatic rings. The maximum Gasteiger partial charge on any atom is 0.0839 e. The molecule has 18 heavy (non-hydrogen) atoms. The van der Waals surface area contributed by atoms with Gasteiger partial charge in [0, 0.05) is 4.90 Å². The molecule has 0 N–H and O–H groups in total. The van der Waals surface area contributed by atoms with Gasteiger partial charge in [-0.3, -0.25) is 0 Å². The lowest BCUT2D eigenvalue weighted by molar-refractivity contribution is 1.30. The van der Waals surface area contributed by atoms with Gasteiger partial charge in [0.25, 0.3) is 0 Å². The first-order chi connectivity index (χ1) is 8.75. The van der Waals surface area contributed by atoms with Crippen LogP contribution in [0, 0.1) is 0 Å². The van der Waals surface area contributed by atoms with Crippen LogP contribution in [-0.4, -0.2) is 10.3 Å². The van der Waals surface area contributed by atoms with Gasteiger partial charge >= 0.3 is 0 Å². The Bertz CT molecular complexity index is 509. The van der Waals surface area contributed by atoms with E-state index in [1.165, 1.54) is 4.90 Å². The molecule has 0 fully saturated rings. The molecule has 2 rings (SSSR count). The number of aliphatic imine (C=N–C) groups is 1. The van der Waals surface area contributed by atoms with Crippen molar-refractivity contribution >= 4 is 35.1 Å². The highest BCUT2D eigenvalue weighted by Gasteiger charge is 2.08. The van der Waals surface area contributed by atoms with Crippen molar-refractivity contribution in [2.75, 3.05) is 0 Å². The van der Waals surface area contributed by atoms with E-state index in [0.717, 1.165) is 10.7 Å². The smallest absolute Gasteiger partial charge is 0.0839 e. The van der Waals surface area contributed by atoms with Gasteiger partial charge in [-0.25, -0.2) is 4.99 Å². The molecular weight excluding hydrogens is 258 g/mol. The van der Waals surface area contributed by atoms with Crippen molar-refractivity contribution in [3.05, 3.63) is 60.7 Å². The maximum absolute atomic E-state index is 4.52.